The van der Waals surface area contributed by atoms with E-state index in [0.29, 0.717) is 6.54 Å². The molecule has 0 spiro atoms. The Morgan fingerprint density at radius 3 is 3.17 bits per heavy atom. The highest BCUT2D eigenvalue weighted by atomic mass is 19.1. The molecule has 7 heteroatoms. The number of nitrogens with zero attached hydrogens (tertiary/aromatic N) is 1. The van der Waals surface area contributed by atoms with Crippen LogP contribution >= 0.6 is 0 Å². The highest BCUT2D eigenvalue weighted by Crippen LogP contribution is 2.27. The minimum Gasteiger partial charge on any atom is -0.463 e. The van der Waals surface area contributed by atoms with Gasteiger partial charge in [-0.1, -0.05) is 0 Å². The Bertz CT molecular complexity index is 374. The number of halogens is 1. The molecular weight excluding hydrogens is 243 g/mol. The Morgan fingerprint density at radius 1 is 1.72 bits per heavy atom. The third-order valence-corrected chi connectivity index (χ3v) is 2.79. The molecule has 0 aromatic heterocycles. The van der Waals surface area contributed by atoms with Gasteiger partial charge in [0.05, 0.1) is 0 Å². The number of urea groups is 1. The monoisotopic (exact) mass is 258 g/mol. The Morgan fingerprint density at radius 2 is 2.50 bits per heavy atom. The lowest BCUT2D eigenvalue weighted by atomic mass is 10.2. The molecule has 0 aliphatic carbocycles. The second-order valence-corrected chi connectivity index (χ2v) is 4.16. The summed E-state index contributed by atoms with van der Waals surface area (Å²) in [6.45, 7) is 1.57. The molecule has 18 heavy (non-hydrogen) atoms. The number of rotatable bonds is 3. The summed E-state index contributed by atoms with van der Waals surface area (Å²) in [5, 5.41) is 2.60. The third kappa shape index (κ3) is 2.79. The van der Waals surface area contributed by atoms with Crippen molar-refractivity contribution in [2.45, 2.75) is 31.8 Å². The molecule has 2 heterocycles. The van der Waals surface area contributed by atoms with Gasteiger partial charge in [-0.25, -0.2) is 9.18 Å². The Hall–Kier alpha value is -1.63. The van der Waals surface area contributed by atoms with Crippen molar-refractivity contribution in [2.24, 2.45) is 0 Å². The molecule has 0 saturated carbocycles. The van der Waals surface area contributed by atoms with Crippen molar-refractivity contribution in [3.8, 4) is 0 Å². The predicted octanol–water partition coefficient (Wildman–Crippen LogP) is 0.542. The van der Waals surface area contributed by atoms with Crippen LogP contribution in [0.5, 0.6) is 0 Å². The first-order valence-electron chi connectivity index (χ1n) is 5.73. The van der Waals surface area contributed by atoms with Crippen molar-refractivity contribution in [1.29, 1.82) is 0 Å². The van der Waals surface area contributed by atoms with Gasteiger partial charge in [-0.3, -0.25) is 9.69 Å². The molecule has 100 valence electrons. The number of esters is 1. The standard InChI is InChI=1S/C11H15FN2O4/c1-7(15)17-6-9-8(12)5-10(18-9)14-4-2-3-13-11(14)16/h2,4,8-10H,3,5-6H2,1H3,(H,13,16). The van der Waals surface area contributed by atoms with Crippen LogP contribution in [-0.2, 0) is 14.3 Å². The molecule has 0 aromatic rings. The summed E-state index contributed by atoms with van der Waals surface area (Å²) in [5.41, 5.74) is 0. The summed E-state index contributed by atoms with van der Waals surface area (Å²) in [5.74, 6) is -0.482. The van der Waals surface area contributed by atoms with Gasteiger partial charge >= 0.3 is 12.0 Å². The first kappa shape index (κ1) is 12.8. The fourth-order valence-electron chi connectivity index (χ4n) is 1.91. The van der Waals surface area contributed by atoms with Gasteiger partial charge in [0, 0.05) is 26.1 Å². The van der Waals surface area contributed by atoms with Gasteiger partial charge in [0.15, 0.2) is 0 Å². The zero-order valence-electron chi connectivity index (χ0n) is 9.97. The van der Waals surface area contributed by atoms with Gasteiger partial charge in [-0.05, 0) is 6.08 Å². The summed E-state index contributed by atoms with van der Waals surface area (Å²) >= 11 is 0. The summed E-state index contributed by atoms with van der Waals surface area (Å²) in [4.78, 5) is 23.5. The zero-order chi connectivity index (χ0) is 13.1. The fourth-order valence-corrected chi connectivity index (χ4v) is 1.91. The summed E-state index contributed by atoms with van der Waals surface area (Å²) in [6.07, 6.45) is 0.669. The van der Waals surface area contributed by atoms with Crippen LogP contribution in [0.1, 0.15) is 13.3 Å². The molecule has 2 amide bonds. The smallest absolute Gasteiger partial charge is 0.323 e. The number of amides is 2. The largest absolute Gasteiger partial charge is 0.463 e. The van der Waals surface area contributed by atoms with E-state index in [1.165, 1.54) is 11.8 Å². The van der Waals surface area contributed by atoms with Gasteiger partial charge in [0.25, 0.3) is 0 Å². The fraction of sp³-hybridized carbons (Fsp3) is 0.636. The van der Waals surface area contributed by atoms with Crippen molar-refractivity contribution in [3.63, 3.8) is 0 Å². The highest BCUT2D eigenvalue weighted by molar-refractivity contribution is 5.76. The van der Waals surface area contributed by atoms with Crippen molar-refractivity contribution in [2.75, 3.05) is 13.2 Å². The molecule has 2 aliphatic heterocycles. The van der Waals surface area contributed by atoms with Crippen LogP contribution in [0.3, 0.4) is 0 Å². The average Bonchev–Trinajstić information content (AvgIpc) is 2.68. The van der Waals surface area contributed by atoms with Crippen LogP contribution in [0.25, 0.3) is 0 Å². The van der Waals surface area contributed by atoms with Crippen LogP contribution in [0.4, 0.5) is 9.18 Å². The van der Waals surface area contributed by atoms with E-state index in [1.54, 1.807) is 12.3 Å². The molecule has 0 radical (unpaired) electrons. The van der Waals surface area contributed by atoms with E-state index >= 15 is 0 Å². The second kappa shape index (κ2) is 5.34. The summed E-state index contributed by atoms with van der Waals surface area (Å²) < 4.78 is 23.8. The zero-order valence-corrected chi connectivity index (χ0v) is 9.97. The van der Waals surface area contributed by atoms with E-state index in [0.717, 1.165) is 0 Å². The van der Waals surface area contributed by atoms with Crippen LogP contribution in [0.15, 0.2) is 12.3 Å². The first-order valence-corrected chi connectivity index (χ1v) is 5.73. The number of carbonyl (C=O) groups excluding carboxylic acids is 2. The quantitative estimate of drug-likeness (QED) is 0.750. The third-order valence-electron chi connectivity index (χ3n) is 2.79. The van der Waals surface area contributed by atoms with Gasteiger partial charge in [-0.2, -0.15) is 0 Å². The van der Waals surface area contributed by atoms with Crippen LogP contribution < -0.4 is 5.32 Å². The van der Waals surface area contributed by atoms with E-state index in [2.05, 4.69) is 5.32 Å². The Balaban J connectivity index is 1.93. The molecule has 3 unspecified atom stereocenters. The second-order valence-electron chi connectivity index (χ2n) is 4.16. The number of ether oxygens (including phenoxy) is 2. The van der Waals surface area contributed by atoms with E-state index in [-0.39, 0.29) is 19.1 Å². The molecule has 2 rings (SSSR count). The lowest BCUT2D eigenvalue weighted by molar-refractivity contribution is -0.146. The van der Waals surface area contributed by atoms with Crippen molar-refractivity contribution < 1.29 is 23.5 Å². The molecule has 6 nitrogen and oxygen atoms in total. The normalized spacial score (nSPS) is 31.3. The van der Waals surface area contributed by atoms with Crippen LogP contribution in [0.2, 0.25) is 0 Å². The van der Waals surface area contributed by atoms with Gasteiger partial charge in [0.1, 0.15) is 25.1 Å². The number of nitrogens with one attached hydrogen (secondary N) is 1. The van der Waals surface area contributed by atoms with E-state index < -0.39 is 24.5 Å². The van der Waals surface area contributed by atoms with E-state index in [1.807, 2.05) is 0 Å². The molecule has 3 atom stereocenters. The lowest BCUT2D eigenvalue weighted by Gasteiger charge is -2.27. The van der Waals surface area contributed by atoms with Crippen LogP contribution in [-0.4, -0.2) is 48.6 Å². The van der Waals surface area contributed by atoms with Gasteiger partial charge in [0.2, 0.25) is 0 Å². The molecule has 2 aliphatic rings. The maximum atomic E-state index is 13.7. The molecule has 1 N–H and O–H groups in total. The molecular formula is C11H15FN2O4. The number of alkyl halides is 1. The molecule has 1 fully saturated rings. The summed E-state index contributed by atoms with van der Waals surface area (Å²) in [6, 6.07) is -0.317. The summed E-state index contributed by atoms with van der Waals surface area (Å²) in [7, 11) is 0. The predicted molar refractivity (Wildman–Crippen MR) is 59.2 cm³/mol. The maximum absolute atomic E-state index is 13.7. The maximum Gasteiger partial charge on any atom is 0.323 e. The molecule has 0 aromatic carbocycles. The van der Waals surface area contributed by atoms with Gasteiger partial charge in [-0.15, -0.1) is 0 Å². The minimum absolute atomic E-state index is 0.0731. The number of carbonyl (C=O) groups is 2. The topological polar surface area (TPSA) is 67.9 Å². The Kier molecular flexibility index (Phi) is 3.81. The average molecular weight is 258 g/mol. The number of hydrogen-bond acceptors (Lipinski definition) is 4. The number of hydrogen-bond donors (Lipinski definition) is 1. The van der Waals surface area contributed by atoms with Crippen molar-refractivity contribution in [3.05, 3.63) is 12.3 Å². The van der Waals surface area contributed by atoms with E-state index in [9.17, 15) is 14.0 Å². The van der Waals surface area contributed by atoms with Crippen molar-refractivity contribution >= 4 is 12.0 Å². The Labute approximate surface area is 104 Å². The van der Waals surface area contributed by atoms with E-state index in [4.69, 9.17) is 9.47 Å². The van der Waals surface area contributed by atoms with Crippen molar-refractivity contribution in [1.82, 2.24) is 10.2 Å². The van der Waals surface area contributed by atoms with Gasteiger partial charge < -0.3 is 14.8 Å². The first-order chi connectivity index (χ1) is 8.58. The molecule has 1 saturated heterocycles. The highest BCUT2D eigenvalue weighted by Gasteiger charge is 2.40. The minimum atomic E-state index is -1.25. The van der Waals surface area contributed by atoms with Crippen LogP contribution in [0, 0.1) is 0 Å². The SMILES string of the molecule is CC(=O)OCC1OC(N2C=CCNC2=O)CC1F. The lowest BCUT2D eigenvalue weighted by Crippen LogP contribution is -2.45. The molecule has 0 bridgehead atoms.